The number of nitrogens with one attached hydrogen (secondary N) is 4. The van der Waals surface area contributed by atoms with Crippen LogP contribution in [0.25, 0.3) is 77.2 Å². The molecule has 5 N–H and O–H groups in total. The number of H-pyrrole nitrogens is 3. The first-order valence-electron chi connectivity index (χ1n) is 43.0. The van der Waals surface area contributed by atoms with Crippen LogP contribution in [0.15, 0.2) is 248 Å². The highest BCUT2D eigenvalue weighted by atomic mass is 19.1. The molecule has 0 unspecified atom stereocenters. The highest BCUT2D eigenvalue weighted by Gasteiger charge is 2.27. The van der Waals surface area contributed by atoms with E-state index < -0.39 is 12.6 Å². The highest BCUT2D eigenvalue weighted by molar-refractivity contribution is 6.09. The van der Waals surface area contributed by atoms with Gasteiger partial charge in [0.15, 0.2) is 0 Å². The number of halogens is 5. The van der Waals surface area contributed by atoms with Gasteiger partial charge in [0, 0.05) is 142 Å². The Balaban J connectivity index is 0.000000152. The van der Waals surface area contributed by atoms with Crippen LogP contribution in [0, 0.1) is 23.3 Å². The van der Waals surface area contributed by atoms with Crippen LogP contribution in [0.3, 0.4) is 0 Å². The minimum absolute atomic E-state index is 0.116. The van der Waals surface area contributed by atoms with Gasteiger partial charge in [-0.2, -0.15) is 15.3 Å². The Bertz CT molecular complexity index is 6930. The van der Waals surface area contributed by atoms with Crippen LogP contribution in [0.1, 0.15) is 134 Å². The first-order valence-corrected chi connectivity index (χ1v) is 43.0. The Kier molecular flexibility index (Phi) is 31.0. The average Bonchev–Trinajstić information content (AvgIpc) is 1.55. The summed E-state index contributed by atoms with van der Waals surface area (Å²) in [7, 11) is 11.8. The summed E-state index contributed by atoms with van der Waals surface area (Å²) in [6.07, 6.45) is 4.69. The third-order valence-corrected chi connectivity index (χ3v) is 22.3. The van der Waals surface area contributed by atoms with Crippen LogP contribution in [-0.2, 0) is 32.7 Å². The fourth-order valence-corrected chi connectivity index (χ4v) is 15.7. The summed E-state index contributed by atoms with van der Waals surface area (Å²) in [6, 6.07) is 61.6. The van der Waals surface area contributed by atoms with Crippen molar-refractivity contribution in [1.29, 1.82) is 0 Å². The zero-order chi connectivity index (χ0) is 95.6. The first kappa shape index (κ1) is 95.4. The second-order valence-corrected chi connectivity index (χ2v) is 31.5. The lowest BCUT2D eigenvalue weighted by atomic mass is 9.99. The van der Waals surface area contributed by atoms with E-state index in [1.54, 1.807) is 216 Å². The van der Waals surface area contributed by atoms with E-state index in [9.17, 15) is 60.6 Å². The number of amides is 6. The number of carboxylic acids is 1. The summed E-state index contributed by atoms with van der Waals surface area (Å²) in [5.74, 6) is -1.49. The van der Waals surface area contributed by atoms with Gasteiger partial charge in [0.1, 0.15) is 52.9 Å². The monoisotopic (exact) mass is 1820 g/mol. The molecular weight excluding hydrogens is 1720 g/mol. The van der Waals surface area contributed by atoms with Crippen LogP contribution >= 0.6 is 0 Å². The average molecular weight is 1820 g/mol. The van der Waals surface area contributed by atoms with Crippen LogP contribution in [-0.4, -0.2) is 190 Å². The molecule has 4 heterocycles. The van der Waals surface area contributed by atoms with E-state index in [0.29, 0.717) is 186 Å². The zero-order valence-electron chi connectivity index (χ0n) is 75.5. The fraction of sp³-hybridized carbons (Fsp3) is 0.202. The lowest BCUT2D eigenvalue weighted by molar-refractivity contribution is 0.0695. The number of carbonyl (C=O) groups excluding carboxylic acids is 6. The lowest BCUT2D eigenvalue weighted by Crippen LogP contribution is -2.26. The van der Waals surface area contributed by atoms with Crippen LogP contribution in [0.4, 0.5) is 22.0 Å². The van der Waals surface area contributed by atoms with E-state index in [-0.39, 0.29) is 70.8 Å². The van der Waals surface area contributed by atoms with E-state index in [0.717, 1.165) is 38.9 Å². The summed E-state index contributed by atoms with van der Waals surface area (Å²) in [4.78, 5) is 101. The van der Waals surface area contributed by atoms with Gasteiger partial charge in [-0.15, -0.1) is 0 Å². The molecule has 686 valence electrons. The molecule has 0 saturated carbocycles. The van der Waals surface area contributed by atoms with Crippen molar-refractivity contribution in [3.05, 3.63) is 339 Å². The summed E-state index contributed by atoms with van der Waals surface area (Å²) in [6.45, 7) is 10.1. The van der Waals surface area contributed by atoms with Crippen LogP contribution in [0.5, 0.6) is 23.0 Å². The maximum Gasteiger partial charge on any atom is 0.336 e. The minimum atomic E-state index is -1.04. The van der Waals surface area contributed by atoms with Crippen LogP contribution < -0.4 is 24.3 Å². The molecule has 12 aromatic carbocycles. The molecule has 6 amide bonds. The molecule has 3 aromatic heterocycles. The molecule has 0 bridgehead atoms. The number of aromatic amines is 3. The molecular formula is C104H98F5N13O12. The Morgan fingerprint density at radius 2 is 0.687 bits per heavy atom. The largest absolute Gasteiger partial charge is 0.493 e. The van der Waals surface area contributed by atoms with Gasteiger partial charge in [-0.1, -0.05) is 84.9 Å². The van der Waals surface area contributed by atoms with Crippen molar-refractivity contribution in [1.82, 2.24) is 60.4 Å². The van der Waals surface area contributed by atoms with Crippen molar-refractivity contribution in [2.75, 3.05) is 82.4 Å². The van der Waals surface area contributed by atoms with Crippen molar-refractivity contribution in [3.63, 3.8) is 0 Å². The number of ether oxygens (including phenoxy) is 4. The number of fused-ring (bicyclic) bond motifs is 4. The quantitative estimate of drug-likeness (QED) is 0.0285. The van der Waals surface area contributed by atoms with Gasteiger partial charge in [0.2, 0.25) is 0 Å². The summed E-state index contributed by atoms with van der Waals surface area (Å²) < 4.78 is 91.1. The number of benzene rings is 12. The van der Waals surface area contributed by atoms with E-state index in [2.05, 4.69) is 40.9 Å². The van der Waals surface area contributed by atoms with Gasteiger partial charge in [0.25, 0.3) is 35.4 Å². The maximum absolute atomic E-state index is 13.8. The van der Waals surface area contributed by atoms with Gasteiger partial charge < -0.3 is 53.9 Å². The fourth-order valence-electron chi connectivity index (χ4n) is 15.7. The lowest BCUT2D eigenvalue weighted by Gasteiger charge is -2.20. The van der Waals surface area contributed by atoms with E-state index in [1.807, 2.05) is 58.0 Å². The predicted octanol–water partition coefficient (Wildman–Crippen LogP) is 19.3. The predicted molar refractivity (Wildman–Crippen MR) is 505 cm³/mol. The van der Waals surface area contributed by atoms with Crippen molar-refractivity contribution in [2.24, 2.45) is 4.99 Å². The third-order valence-electron chi connectivity index (χ3n) is 22.3. The van der Waals surface area contributed by atoms with E-state index in [4.69, 9.17) is 18.9 Å². The third kappa shape index (κ3) is 22.0. The Morgan fingerprint density at radius 3 is 1.00 bits per heavy atom. The molecule has 0 spiro atoms. The second-order valence-electron chi connectivity index (χ2n) is 31.5. The van der Waals surface area contributed by atoms with Gasteiger partial charge in [-0.3, -0.25) is 49.1 Å². The Hall–Kier alpha value is -16.1. The molecule has 0 radical (unpaired) electrons. The van der Waals surface area contributed by atoms with E-state index in [1.165, 1.54) is 70.6 Å². The molecule has 30 heteroatoms. The first-order chi connectivity index (χ1) is 64.6. The van der Waals surface area contributed by atoms with Crippen molar-refractivity contribution >= 4 is 79.8 Å². The van der Waals surface area contributed by atoms with Crippen LogP contribution in [0.2, 0.25) is 0 Å². The maximum atomic E-state index is 13.8. The normalized spacial score (nSPS) is 11.2. The Labute approximate surface area is 769 Å². The number of carbonyl (C=O) groups is 7. The molecule has 1 aliphatic heterocycles. The number of carboxylic acid groups (broad SMARTS) is 1. The van der Waals surface area contributed by atoms with Crippen molar-refractivity contribution < 1.29 is 79.6 Å². The molecule has 1 aliphatic rings. The number of hydrogen-bond donors (Lipinski definition) is 5. The number of rotatable bonds is 28. The second kappa shape index (κ2) is 43.5. The topological polar surface area (TPSA) is 303 Å². The summed E-state index contributed by atoms with van der Waals surface area (Å²) >= 11 is 0. The molecule has 0 fully saturated rings. The summed E-state index contributed by atoms with van der Waals surface area (Å²) in [5.41, 5.74) is 16.2. The number of hydrogen-bond acceptors (Lipinski definition) is 15. The zero-order valence-corrected chi connectivity index (χ0v) is 75.5. The molecule has 16 rings (SSSR count). The standard InChI is InChI=1S/C27H27FN4O3.C26H24F2N2O2.C26H25FN4O3.C25H22FN3O4/c1-5-35-24-14-18(9-11-21(24)17-7-6-8-20(28)13-17)26(33)32(4)16-19-10-12-22(27(34)31(2)3)23-15-29-30-25(19)23;1-3-32-25-13-18(10-11-21(25)17-6-4-8-20(28)12-17)26(31)30(2)16-19-7-5-9-22-23(19)15-29-24(22)14-27;1-4-34-23-13-17(8-10-20(23)16-6-5-7-19(27)12-16)26(33)31(3)15-18-9-11-21(25(32)28-2)22-14-29-30-24(18)22;1-3-33-22-12-16(7-9-19(22)15-5-4-6-18(26)11-15)24(30)29(2)14-17-8-10-20(25(31)32)21-13-27-28-23(17)21/h6-15H,5,16H2,1-4H3,(H,29,30);4-13H,3,14-16H2,1-2H3;5-14H,4,15H2,1-3H3,(H,28,32)(H,29,30);4-13H,3,14H2,1-2H3,(H,27,28)(H,31,32). The van der Waals surface area contributed by atoms with Crippen molar-refractivity contribution in [3.8, 4) is 67.5 Å². The number of aromatic carboxylic acids is 1. The van der Waals surface area contributed by atoms with Gasteiger partial charge in [-0.25, -0.2) is 26.7 Å². The molecule has 0 saturated heterocycles. The molecule has 0 aliphatic carbocycles. The van der Waals surface area contributed by atoms with Crippen molar-refractivity contribution in [2.45, 2.75) is 60.4 Å². The Morgan fingerprint density at radius 1 is 0.373 bits per heavy atom. The molecule has 134 heavy (non-hydrogen) atoms. The SMILES string of the molecule is CCOc1cc(C(=O)N(C)Cc2ccc(C(=O)N(C)C)c3cn[nH]c23)ccc1-c1cccc(F)c1.CCOc1cc(C(=O)N(C)Cc2ccc(C(=O)NC)c3cn[nH]c23)ccc1-c1cccc(F)c1.CCOc1cc(C(=O)N(C)Cc2ccc(C(=O)O)c3cn[nH]c23)ccc1-c1cccc(F)c1.CCOc1cc(C(=O)N(C)Cc2cccc3c2CN=C3CF)ccc1-c1cccc(F)c1. The van der Waals surface area contributed by atoms with Gasteiger partial charge in [-0.05, 0) is 217 Å². The van der Waals surface area contributed by atoms with E-state index >= 15 is 0 Å². The summed E-state index contributed by atoms with van der Waals surface area (Å²) in [5, 5.41) is 34.7. The highest BCUT2D eigenvalue weighted by Crippen LogP contribution is 2.39. The number of alkyl halides is 1. The number of aliphatic imine (C=N–C) groups is 1. The number of aromatic nitrogens is 6. The number of nitrogens with zero attached hydrogens (tertiary/aromatic N) is 9. The molecule has 0 atom stereocenters. The smallest absolute Gasteiger partial charge is 0.336 e. The molecule has 15 aromatic rings. The van der Waals surface area contributed by atoms with Gasteiger partial charge in [0.05, 0.1) is 90.5 Å². The molecule has 25 nitrogen and oxygen atoms in total. The van der Waals surface area contributed by atoms with Gasteiger partial charge >= 0.3 is 5.97 Å². The minimum Gasteiger partial charge on any atom is -0.493 e.